The van der Waals surface area contributed by atoms with Gasteiger partial charge in [0.15, 0.2) is 0 Å². The van der Waals surface area contributed by atoms with Gasteiger partial charge >= 0.3 is 0 Å². The van der Waals surface area contributed by atoms with Crippen LogP contribution in [-0.2, 0) is 43.3 Å². The Labute approximate surface area is 529 Å². The molecule has 0 N–H and O–H groups in total. The molecule has 0 spiro atoms. The van der Waals surface area contributed by atoms with Crippen LogP contribution >= 0.6 is 0 Å². The van der Waals surface area contributed by atoms with E-state index in [1.807, 2.05) is 0 Å². The van der Waals surface area contributed by atoms with Crippen LogP contribution in [0.2, 0.25) is 0 Å². The van der Waals surface area contributed by atoms with Gasteiger partial charge in [0.05, 0.1) is 5.69 Å². The molecule has 0 fully saturated rings. The van der Waals surface area contributed by atoms with E-state index in [-0.39, 0.29) is 50.0 Å². The third-order valence-electron chi connectivity index (χ3n) is 21.0. The Morgan fingerprint density at radius 1 is 0.352 bits per heavy atom. The molecule has 4 heteroatoms. The standard InChI is InChI=1S/C84H94BN3/c1-52-43-64-65(82(16,17)51-81(64,14)15)49-72(52)88-71-42-40-60(86(58-36-31-54(32-37-58)77(2,3)4)59-38-33-55(34-39-59)78(5,6)7)47-68(71)85-69-48-66-67(84(20,21)63-30-26-25-29-62(63)83(66,18)19)50-73(69)87(74-45-57(80(11,12)13)46-75(88)76(74)85)70-41-35-56(79(8,9)10)44-61(70)53-27-23-22-24-28-53/h22-50H,51H2,1-21H3. The molecule has 2 aliphatic carbocycles. The van der Waals surface area contributed by atoms with Crippen molar-refractivity contribution in [3.8, 4) is 11.1 Å². The molecule has 0 atom stereocenters. The van der Waals surface area contributed by atoms with Crippen molar-refractivity contribution in [2.75, 3.05) is 14.7 Å². The fraction of sp³-hybridized carbons (Fsp3) is 0.357. The molecule has 0 aromatic heterocycles. The molecule has 0 amide bonds. The van der Waals surface area contributed by atoms with Gasteiger partial charge in [-0.05, 0) is 208 Å². The lowest BCUT2D eigenvalue weighted by atomic mass is 9.33. The first kappa shape index (κ1) is 59.4. The third-order valence-corrected chi connectivity index (χ3v) is 21.0. The van der Waals surface area contributed by atoms with Crippen molar-refractivity contribution in [2.24, 2.45) is 0 Å². The Bertz CT molecular complexity index is 4220. The van der Waals surface area contributed by atoms with Gasteiger partial charge in [0, 0.05) is 61.9 Å². The summed E-state index contributed by atoms with van der Waals surface area (Å²) in [7, 11) is 0. The molecule has 0 bridgehead atoms. The highest BCUT2D eigenvalue weighted by molar-refractivity contribution is 7.00. The Morgan fingerprint density at radius 3 is 1.31 bits per heavy atom. The normalized spacial score (nSPS) is 16.7. The third kappa shape index (κ3) is 9.42. The van der Waals surface area contributed by atoms with E-state index in [0.717, 1.165) is 23.5 Å². The first-order chi connectivity index (χ1) is 41.1. The van der Waals surface area contributed by atoms with Crippen LogP contribution in [0.3, 0.4) is 0 Å². The number of rotatable bonds is 6. The highest BCUT2D eigenvalue weighted by Gasteiger charge is 2.50. The molecule has 2 aliphatic heterocycles. The number of benzene rings is 9. The number of fused-ring (bicyclic) bond motifs is 7. The van der Waals surface area contributed by atoms with E-state index in [4.69, 9.17) is 0 Å². The molecular weight excluding hydrogens is 1060 g/mol. The van der Waals surface area contributed by atoms with Crippen LogP contribution in [0, 0.1) is 6.92 Å². The number of hydrogen-bond acceptors (Lipinski definition) is 3. The van der Waals surface area contributed by atoms with Crippen LogP contribution in [-0.4, -0.2) is 6.71 Å². The van der Waals surface area contributed by atoms with Gasteiger partial charge in [0.2, 0.25) is 0 Å². The predicted molar refractivity (Wildman–Crippen MR) is 381 cm³/mol. The molecule has 0 saturated carbocycles. The first-order valence-corrected chi connectivity index (χ1v) is 32.7. The van der Waals surface area contributed by atoms with Gasteiger partial charge in [-0.25, -0.2) is 0 Å². The van der Waals surface area contributed by atoms with E-state index < -0.39 is 0 Å². The molecule has 3 nitrogen and oxygen atoms in total. The van der Waals surface area contributed by atoms with E-state index in [0.29, 0.717) is 0 Å². The zero-order valence-corrected chi connectivity index (χ0v) is 56.9. The molecule has 0 saturated heterocycles. The SMILES string of the molecule is Cc1cc2c(cc1N1c3ccc(N(c4ccc(C(C)(C)C)cc4)c4ccc(C(C)(C)C)cc4)cc3B3c4cc5c(cc4N(c4ccc(C(C)(C)C)cc4-c4ccccc4)c4cc(C(C)(C)C)cc1c43)C(C)(C)c1ccccc1C5(C)C)C(C)(C)CC2(C)C. The second-order valence-electron chi connectivity index (χ2n) is 33.2. The van der Waals surface area contributed by atoms with Crippen molar-refractivity contribution in [2.45, 2.75) is 195 Å². The van der Waals surface area contributed by atoms with Crippen LogP contribution in [0.15, 0.2) is 176 Å². The van der Waals surface area contributed by atoms with E-state index in [2.05, 4.69) is 336 Å². The molecule has 9 aromatic rings. The van der Waals surface area contributed by atoms with Gasteiger partial charge in [-0.1, -0.05) is 236 Å². The minimum absolute atomic E-state index is 0.00829. The average molecular weight is 1160 g/mol. The Kier molecular flexibility index (Phi) is 13.3. The summed E-state index contributed by atoms with van der Waals surface area (Å²) in [4.78, 5) is 7.96. The largest absolute Gasteiger partial charge is 0.311 e. The molecule has 2 heterocycles. The topological polar surface area (TPSA) is 9.72 Å². The smallest absolute Gasteiger partial charge is 0.252 e. The monoisotopic (exact) mass is 1160 g/mol. The van der Waals surface area contributed by atoms with Crippen molar-refractivity contribution in [3.05, 3.63) is 237 Å². The quantitative estimate of drug-likeness (QED) is 0.154. The minimum atomic E-state index is -0.285. The fourth-order valence-corrected chi connectivity index (χ4v) is 16.1. The second-order valence-corrected chi connectivity index (χ2v) is 33.2. The maximum Gasteiger partial charge on any atom is 0.252 e. The summed E-state index contributed by atoms with van der Waals surface area (Å²) < 4.78 is 0. The van der Waals surface area contributed by atoms with Gasteiger partial charge in [-0.15, -0.1) is 0 Å². The number of anilines is 9. The van der Waals surface area contributed by atoms with Crippen molar-refractivity contribution >= 4 is 74.3 Å². The van der Waals surface area contributed by atoms with Crippen molar-refractivity contribution in [3.63, 3.8) is 0 Å². The summed E-state index contributed by atoms with van der Waals surface area (Å²) >= 11 is 0. The summed E-state index contributed by atoms with van der Waals surface area (Å²) in [5.41, 5.74) is 31.5. The van der Waals surface area contributed by atoms with Crippen molar-refractivity contribution in [1.82, 2.24) is 0 Å². The zero-order chi connectivity index (χ0) is 63.0. The Balaban J connectivity index is 1.19. The molecule has 9 aromatic carbocycles. The lowest BCUT2D eigenvalue weighted by Gasteiger charge is -2.49. The summed E-state index contributed by atoms with van der Waals surface area (Å²) in [6.07, 6.45) is 1.10. The molecule has 0 unspecified atom stereocenters. The number of aryl methyl sites for hydroxylation is 1. The predicted octanol–water partition coefficient (Wildman–Crippen LogP) is 21.3. The molecule has 448 valence electrons. The number of nitrogens with zero attached hydrogens (tertiary/aromatic N) is 3. The van der Waals surface area contributed by atoms with Crippen LogP contribution in [0.25, 0.3) is 11.1 Å². The fourth-order valence-electron chi connectivity index (χ4n) is 16.1. The van der Waals surface area contributed by atoms with Crippen LogP contribution in [0.4, 0.5) is 51.2 Å². The van der Waals surface area contributed by atoms with Crippen LogP contribution < -0.4 is 31.1 Å². The Hall–Kier alpha value is -7.56. The van der Waals surface area contributed by atoms with E-state index in [1.165, 1.54) is 123 Å². The first-order valence-electron chi connectivity index (χ1n) is 32.7. The highest BCUT2D eigenvalue weighted by atomic mass is 15.2. The molecule has 0 radical (unpaired) electrons. The van der Waals surface area contributed by atoms with Gasteiger partial charge in [0.1, 0.15) is 0 Å². The summed E-state index contributed by atoms with van der Waals surface area (Å²) in [6.45, 7) is 50.1. The summed E-state index contributed by atoms with van der Waals surface area (Å²) in [6, 6.07) is 69.8. The maximum atomic E-state index is 2.73. The van der Waals surface area contributed by atoms with Gasteiger partial charge < -0.3 is 14.7 Å². The zero-order valence-electron chi connectivity index (χ0n) is 56.9. The van der Waals surface area contributed by atoms with E-state index >= 15 is 0 Å². The van der Waals surface area contributed by atoms with Gasteiger partial charge in [-0.2, -0.15) is 0 Å². The van der Waals surface area contributed by atoms with Crippen molar-refractivity contribution in [1.29, 1.82) is 0 Å². The van der Waals surface area contributed by atoms with E-state index in [1.54, 1.807) is 0 Å². The summed E-state index contributed by atoms with van der Waals surface area (Å²) in [5.74, 6) is 0. The van der Waals surface area contributed by atoms with Crippen molar-refractivity contribution < 1.29 is 0 Å². The van der Waals surface area contributed by atoms with Crippen LogP contribution in [0.5, 0.6) is 0 Å². The lowest BCUT2D eigenvalue weighted by molar-refractivity contribution is 0.403. The average Bonchev–Trinajstić information content (AvgIpc) is 0.771. The van der Waals surface area contributed by atoms with Crippen LogP contribution in [0.1, 0.15) is 206 Å². The van der Waals surface area contributed by atoms with E-state index in [9.17, 15) is 0 Å². The molecule has 13 rings (SSSR count). The van der Waals surface area contributed by atoms with Gasteiger partial charge in [0.25, 0.3) is 6.71 Å². The molecule has 88 heavy (non-hydrogen) atoms. The minimum Gasteiger partial charge on any atom is -0.311 e. The Morgan fingerprint density at radius 2 is 0.784 bits per heavy atom. The molecular formula is C84H94BN3. The lowest BCUT2D eigenvalue weighted by Crippen LogP contribution is -2.62. The summed E-state index contributed by atoms with van der Waals surface area (Å²) in [5, 5.41) is 0. The second kappa shape index (κ2) is 19.7. The maximum absolute atomic E-state index is 2.73. The number of hydrogen-bond donors (Lipinski definition) is 0. The van der Waals surface area contributed by atoms with Gasteiger partial charge in [-0.3, -0.25) is 0 Å². The highest BCUT2D eigenvalue weighted by Crippen LogP contribution is 2.57. The molecule has 4 aliphatic rings.